The van der Waals surface area contributed by atoms with Gasteiger partial charge in [-0.15, -0.1) is 0 Å². The second-order valence-electron chi connectivity index (χ2n) is 4.83. The highest BCUT2D eigenvalue weighted by molar-refractivity contribution is 6.31. The molecule has 22 heavy (non-hydrogen) atoms. The summed E-state index contributed by atoms with van der Waals surface area (Å²) in [5, 5.41) is 3.41. The molecule has 0 radical (unpaired) electrons. The maximum atomic E-state index is 12.3. The lowest BCUT2D eigenvalue weighted by Gasteiger charge is -2.18. The molecule has 0 aliphatic heterocycles. The smallest absolute Gasteiger partial charge is 0.274 e. The van der Waals surface area contributed by atoms with Crippen LogP contribution < -0.4 is 10.2 Å². The molecule has 0 saturated carbocycles. The highest BCUT2D eigenvalue weighted by Gasteiger charge is 2.12. The number of halogens is 1. The van der Waals surface area contributed by atoms with Gasteiger partial charge >= 0.3 is 0 Å². The van der Waals surface area contributed by atoms with Crippen molar-refractivity contribution in [1.82, 2.24) is 9.97 Å². The second kappa shape index (κ2) is 7.22. The van der Waals surface area contributed by atoms with Gasteiger partial charge in [-0.1, -0.05) is 17.7 Å². The molecule has 2 rings (SSSR count). The van der Waals surface area contributed by atoms with Gasteiger partial charge in [-0.25, -0.2) is 9.97 Å². The SMILES string of the molecule is CCN(CC)c1nccc(C(=O)Nc2ccc(C)c(Cl)c2)n1. The molecule has 2 aromatic rings. The molecule has 1 aromatic heterocycles. The molecule has 5 nitrogen and oxygen atoms in total. The summed E-state index contributed by atoms with van der Waals surface area (Å²) in [5.74, 6) is 0.273. The zero-order valence-corrected chi connectivity index (χ0v) is 13.7. The number of aryl methyl sites for hydroxylation is 1. The summed E-state index contributed by atoms with van der Waals surface area (Å²) < 4.78 is 0. The van der Waals surface area contributed by atoms with E-state index >= 15 is 0 Å². The summed E-state index contributed by atoms with van der Waals surface area (Å²) >= 11 is 6.06. The average molecular weight is 319 g/mol. The van der Waals surface area contributed by atoms with Gasteiger partial charge in [0.25, 0.3) is 5.91 Å². The normalized spacial score (nSPS) is 10.4. The molecule has 1 heterocycles. The summed E-state index contributed by atoms with van der Waals surface area (Å²) in [6.45, 7) is 7.53. The molecule has 0 unspecified atom stereocenters. The summed E-state index contributed by atoms with van der Waals surface area (Å²) in [4.78, 5) is 22.8. The van der Waals surface area contributed by atoms with E-state index in [2.05, 4.69) is 15.3 Å². The van der Waals surface area contributed by atoms with Gasteiger partial charge < -0.3 is 10.2 Å². The van der Waals surface area contributed by atoms with Crippen LogP contribution >= 0.6 is 11.6 Å². The van der Waals surface area contributed by atoms with Gasteiger partial charge in [-0.05, 0) is 44.5 Å². The maximum absolute atomic E-state index is 12.3. The average Bonchev–Trinajstić information content (AvgIpc) is 2.52. The number of amides is 1. The fourth-order valence-electron chi connectivity index (χ4n) is 2.00. The standard InChI is InChI=1S/C16H19ClN4O/c1-4-21(5-2)16-18-9-8-14(20-16)15(22)19-12-7-6-11(3)13(17)10-12/h6-10H,4-5H2,1-3H3,(H,19,22). The molecule has 0 bridgehead atoms. The largest absolute Gasteiger partial charge is 0.341 e. The molecule has 1 amide bonds. The number of anilines is 2. The predicted molar refractivity (Wildman–Crippen MR) is 89.7 cm³/mol. The van der Waals surface area contributed by atoms with Crippen LogP contribution in [0.1, 0.15) is 29.9 Å². The molecular formula is C16H19ClN4O. The van der Waals surface area contributed by atoms with Gasteiger partial charge in [0.05, 0.1) is 0 Å². The zero-order valence-electron chi connectivity index (χ0n) is 12.9. The Hall–Kier alpha value is -2.14. The molecule has 0 spiro atoms. The summed E-state index contributed by atoms with van der Waals surface area (Å²) in [6.07, 6.45) is 1.59. The number of benzene rings is 1. The number of hydrogen-bond acceptors (Lipinski definition) is 4. The first-order chi connectivity index (χ1) is 10.5. The van der Waals surface area contributed by atoms with Gasteiger partial charge in [-0.2, -0.15) is 0 Å². The highest BCUT2D eigenvalue weighted by Crippen LogP contribution is 2.20. The van der Waals surface area contributed by atoms with Gasteiger partial charge in [0.15, 0.2) is 0 Å². The van der Waals surface area contributed by atoms with Crippen molar-refractivity contribution in [3.63, 3.8) is 0 Å². The van der Waals surface area contributed by atoms with Crippen molar-refractivity contribution in [2.75, 3.05) is 23.3 Å². The van der Waals surface area contributed by atoms with Crippen molar-refractivity contribution < 1.29 is 4.79 Å². The lowest BCUT2D eigenvalue weighted by Crippen LogP contribution is -2.25. The Morgan fingerprint density at radius 2 is 2.00 bits per heavy atom. The van der Waals surface area contributed by atoms with Crippen molar-refractivity contribution in [1.29, 1.82) is 0 Å². The van der Waals surface area contributed by atoms with Gasteiger partial charge in [0.1, 0.15) is 5.69 Å². The molecule has 1 N–H and O–H groups in total. The minimum atomic E-state index is -0.282. The Bertz CT molecular complexity index is 671. The van der Waals surface area contributed by atoms with Gasteiger partial charge in [0.2, 0.25) is 5.95 Å². The van der Waals surface area contributed by atoms with Crippen LogP contribution in [0.15, 0.2) is 30.5 Å². The summed E-state index contributed by atoms with van der Waals surface area (Å²) in [5.41, 5.74) is 1.93. The third-order valence-electron chi connectivity index (χ3n) is 3.35. The van der Waals surface area contributed by atoms with E-state index in [9.17, 15) is 4.79 Å². The Kier molecular flexibility index (Phi) is 5.33. The fourth-order valence-corrected chi connectivity index (χ4v) is 2.18. The van der Waals surface area contributed by atoms with E-state index in [0.717, 1.165) is 18.7 Å². The third-order valence-corrected chi connectivity index (χ3v) is 3.76. The number of nitrogens with zero attached hydrogens (tertiary/aromatic N) is 3. The molecule has 0 atom stereocenters. The molecule has 0 aliphatic carbocycles. The molecular weight excluding hydrogens is 300 g/mol. The van der Waals surface area contributed by atoms with E-state index < -0.39 is 0 Å². The van der Waals surface area contributed by atoms with Gasteiger partial charge in [-0.3, -0.25) is 4.79 Å². The second-order valence-corrected chi connectivity index (χ2v) is 5.24. The van der Waals surface area contributed by atoms with Crippen LogP contribution in [0.3, 0.4) is 0 Å². The number of aromatic nitrogens is 2. The van der Waals surface area contributed by atoms with E-state index in [4.69, 9.17) is 11.6 Å². The number of rotatable bonds is 5. The Labute approximate surface area is 135 Å². The zero-order chi connectivity index (χ0) is 16.1. The van der Waals surface area contributed by atoms with Gasteiger partial charge in [0, 0.05) is 30.0 Å². The van der Waals surface area contributed by atoms with Crippen LogP contribution in [0, 0.1) is 6.92 Å². The highest BCUT2D eigenvalue weighted by atomic mass is 35.5. The van der Waals surface area contributed by atoms with Crippen molar-refractivity contribution in [2.45, 2.75) is 20.8 Å². The minimum absolute atomic E-state index is 0.282. The number of carbonyl (C=O) groups is 1. The number of carbonyl (C=O) groups excluding carboxylic acids is 1. The van der Waals surface area contributed by atoms with E-state index in [1.807, 2.05) is 37.8 Å². The number of nitrogens with one attached hydrogen (secondary N) is 1. The van der Waals surface area contributed by atoms with Crippen molar-refractivity contribution in [3.05, 3.63) is 46.7 Å². The lowest BCUT2D eigenvalue weighted by molar-refractivity contribution is 0.102. The Morgan fingerprint density at radius 1 is 1.27 bits per heavy atom. The van der Waals surface area contributed by atoms with Crippen LogP contribution in [-0.2, 0) is 0 Å². The van der Waals surface area contributed by atoms with Crippen LogP contribution in [0.4, 0.5) is 11.6 Å². The quantitative estimate of drug-likeness (QED) is 0.916. The topological polar surface area (TPSA) is 58.1 Å². The lowest BCUT2D eigenvalue weighted by atomic mass is 10.2. The first-order valence-electron chi connectivity index (χ1n) is 7.20. The van der Waals surface area contributed by atoms with E-state index in [0.29, 0.717) is 22.4 Å². The van der Waals surface area contributed by atoms with Crippen molar-refractivity contribution in [3.8, 4) is 0 Å². The monoisotopic (exact) mass is 318 g/mol. The minimum Gasteiger partial charge on any atom is -0.341 e. The van der Waals surface area contributed by atoms with Crippen molar-refractivity contribution in [2.24, 2.45) is 0 Å². The maximum Gasteiger partial charge on any atom is 0.274 e. The predicted octanol–water partition coefficient (Wildman–Crippen LogP) is 3.54. The van der Waals surface area contributed by atoms with Crippen LogP contribution in [0.5, 0.6) is 0 Å². The fraction of sp³-hybridized carbons (Fsp3) is 0.312. The molecule has 116 valence electrons. The first kappa shape index (κ1) is 16.2. The van der Waals surface area contributed by atoms with E-state index in [1.165, 1.54) is 0 Å². The Morgan fingerprint density at radius 3 is 2.64 bits per heavy atom. The summed E-state index contributed by atoms with van der Waals surface area (Å²) in [7, 11) is 0. The van der Waals surface area contributed by atoms with Crippen LogP contribution in [0.25, 0.3) is 0 Å². The van der Waals surface area contributed by atoms with Crippen LogP contribution in [0.2, 0.25) is 5.02 Å². The number of hydrogen-bond donors (Lipinski definition) is 1. The molecule has 1 aromatic carbocycles. The van der Waals surface area contributed by atoms with Crippen molar-refractivity contribution >= 4 is 29.1 Å². The molecule has 0 fully saturated rings. The Balaban J connectivity index is 2.18. The molecule has 0 aliphatic rings. The molecule has 0 saturated heterocycles. The molecule has 6 heteroatoms. The summed E-state index contributed by atoms with van der Waals surface area (Å²) in [6, 6.07) is 6.99. The van der Waals surface area contributed by atoms with Crippen LogP contribution in [-0.4, -0.2) is 29.0 Å². The third kappa shape index (κ3) is 3.74. The van der Waals surface area contributed by atoms with E-state index in [1.54, 1.807) is 18.3 Å². The first-order valence-corrected chi connectivity index (χ1v) is 7.58. The van der Waals surface area contributed by atoms with E-state index in [-0.39, 0.29) is 5.91 Å².